The van der Waals surface area contributed by atoms with Gasteiger partial charge in [-0.15, -0.1) is 0 Å². The predicted molar refractivity (Wildman–Crippen MR) is 106 cm³/mol. The third kappa shape index (κ3) is 6.91. The standard InChI is InChI=1S/C21H25BrO3/c22-15-5-3-1-2-4-6-16-25-20-13-11-18(12-14-20)17-7-9-19(10-8-17)21(23)24/h7-14H,1-6,15-16H2,(H,23,24). The van der Waals surface area contributed by atoms with Crippen molar-refractivity contribution >= 4 is 21.9 Å². The monoisotopic (exact) mass is 404 g/mol. The van der Waals surface area contributed by atoms with E-state index in [0.717, 1.165) is 35.2 Å². The number of alkyl halides is 1. The summed E-state index contributed by atoms with van der Waals surface area (Å²) < 4.78 is 5.79. The van der Waals surface area contributed by atoms with Crippen molar-refractivity contribution in [3.05, 3.63) is 54.1 Å². The van der Waals surface area contributed by atoms with E-state index in [-0.39, 0.29) is 0 Å². The third-order valence-corrected chi connectivity index (χ3v) is 4.68. The van der Waals surface area contributed by atoms with Gasteiger partial charge in [-0.25, -0.2) is 4.79 Å². The Kier molecular flexibility index (Phi) is 8.53. The maximum absolute atomic E-state index is 10.9. The fourth-order valence-corrected chi connectivity index (χ4v) is 3.04. The van der Waals surface area contributed by atoms with Crippen LogP contribution in [0.3, 0.4) is 0 Å². The molecule has 2 aromatic carbocycles. The highest BCUT2D eigenvalue weighted by Crippen LogP contribution is 2.23. The number of hydrogen-bond acceptors (Lipinski definition) is 2. The molecule has 0 aromatic heterocycles. The topological polar surface area (TPSA) is 46.5 Å². The molecular formula is C21H25BrO3. The van der Waals surface area contributed by atoms with Crippen molar-refractivity contribution in [1.82, 2.24) is 0 Å². The number of halogens is 1. The lowest BCUT2D eigenvalue weighted by Crippen LogP contribution is -1.97. The first-order valence-electron chi connectivity index (χ1n) is 8.83. The molecule has 0 fully saturated rings. The number of benzene rings is 2. The van der Waals surface area contributed by atoms with E-state index in [9.17, 15) is 4.79 Å². The maximum Gasteiger partial charge on any atom is 0.335 e. The van der Waals surface area contributed by atoms with Crippen LogP contribution >= 0.6 is 15.9 Å². The summed E-state index contributed by atoms with van der Waals surface area (Å²) in [6, 6.07) is 14.9. The Hall–Kier alpha value is -1.81. The normalized spacial score (nSPS) is 10.6. The number of ether oxygens (including phenoxy) is 1. The minimum atomic E-state index is -0.904. The van der Waals surface area contributed by atoms with Crippen molar-refractivity contribution in [2.45, 2.75) is 38.5 Å². The van der Waals surface area contributed by atoms with Crippen LogP contribution in [0.1, 0.15) is 48.9 Å². The molecule has 3 nitrogen and oxygen atoms in total. The number of carboxylic acid groups (broad SMARTS) is 1. The van der Waals surface area contributed by atoms with Crippen LogP contribution in [0.25, 0.3) is 11.1 Å². The van der Waals surface area contributed by atoms with Crippen LogP contribution in [-0.2, 0) is 0 Å². The lowest BCUT2D eigenvalue weighted by atomic mass is 10.0. The smallest absolute Gasteiger partial charge is 0.335 e. The van der Waals surface area contributed by atoms with E-state index in [1.807, 2.05) is 36.4 Å². The summed E-state index contributed by atoms with van der Waals surface area (Å²) in [6.07, 6.45) is 7.47. The van der Waals surface area contributed by atoms with E-state index in [2.05, 4.69) is 15.9 Å². The quantitative estimate of drug-likeness (QED) is 0.359. The van der Waals surface area contributed by atoms with Gasteiger partial charge < -0.3 is 9.84 Å². The molecule has 4 heteroatoms. The zero-order valence-corrected chi connectivity index (χ0v) is 16.0. The number of unbranched alkanes of at least 4 members (excludes halogenated alkanes) is 5. The van der Waals surface area contributed by atoms with Crippen LogP contribution < -0.4 is 4.74 Å². The fourth-order valence-electron chi connectivity index (χ4n) is 2.64. The zero-order valence-electron chi connectivity index (χ0n) is 14.4. The lowest BCUT2D eigenvalue weighted by molar-refractivity contribution is 0.0697. The molecule has 0 amide bonds. The highest BCUT2D eigenvalue weighted by Gasteiger charge is 2.03. The van der Waals surface area contributed by atoms with Gasteiger partial charge in [-0.1, -0.05) is 65.9 Å². The fraction of sp³-hybridized carbons (Fsp3) is 0.381. The third-order valence-electron chi connectivity index (χ3n) is 4.12. The Balaban J connectivity index is 1.73. The molecule has 0 bridgehead atoms. The van der Waals surface area contributed by atoms with Gasteiger partial charge in [0.1, 0.15) is 5.75 Å². The number of aromatic carboxylic acids is 1. The Morgan fingerprint density at radius 3 is 1.88 bits per heavy atom. The van der Waals surface area contributed by atoms with Gasteiger partial charge in [-0.3, -0.25) is 0 Å². The lowest BCUT2D eigenvalue weighted by Gasteiger charge is -2.08. The molecular weight excluding hydrogens is 380 g/mol. The average Bonchev–Trinajstić information content (AvgIpc) is 2.64. The summed E-state index contributed by atoms with van der Waals surface area (Å²) in [7, 11) is 0. The summed E-state index contributed by atoms with van der Waals surface area (Å²) in [4.78, 5) is 10.9. The van der Waals surface area contributed by atoms with E-state index in [1.54, 1.807) is 12.1 Å². The molecule has 0 unspecified atom stereocenters. The largest absolute Gasteiger partial charge is 0.494 e. The van der Waals surface area contributed by atoms with Crippen molar-refractivity contribution in [3.8, 4) is 16.9 Å². The molecule has 0 aliphatic heterocycles. The van der Waals surface area contributed by atoms with Gasteiger partial charge in [-0.05, 0) is 48.2 Å². The van der Waals surface area contributed by atoms with Gasteiger partial charge >= 0.3 is 5.97 Å². The first-order valence-corrected chi connectivity index (χ1v) is 9.95. The molecule has 134 valence electrons. The van der Waals surface area contributed by atoms with Crippen molar-refractivity contribution < 1.29 is 14.6 Å². The molecule has 1 N–H and O–H groups in total. The van der Waals surface area contributed by atoms with Gasteiger partial charge in [0.25, 0.3) is 0 Å². The van der Waals surface area contributed by atoms with E-state index in [0.29, 0.717) is 5.56 Å². The predicted octanol–water partition coefficient (Wildman–Crippen LogP) is 6.17. The van der Waals surface area contributed by atoms with Gasteiger partial charge in [0.05, 0.1) is 12.2 Å². The SMILES string of the molecule is O=C(O)c1ccc(-c2ccc(OCCCCCCCCBr)cc2)cc1. The van der Waals surface area contributed by atoms with Crippen LogP contribution in [0, 0.1) is 0 Å². The molecule has 0 saturated carbocycles. The van der Waals surface area contributed by atoms with Crippen molar-refractivity contribution in [1.29, 1.82) is 0 Å². The minimum absolute atomic E-state index is 0.302. The van der Waals surface area contributed by atoms with Crippen LogP contribution in [0.5, 0.6) is 5.75 Å². The first-order chi connectivity index (χ1) is 12.2. The molecule has 25 heavy (non-hydrogen) atoms. The van der Waals surface area contributed by atoms with E-state index < -0.39 is 5.97 Å². The minimum Gasteiger partial charge on any atom is -0.494 e. The van der Waals surface area contributed by atoms with E-state index in [4.69, 9.17) is 9.84 Å². The van der Waals surface area contributed by atoms with Gasteiger partial charge in [0.15, 0.2) is 0 Å². The Morgan fingerprint density at radius 2 is 1.32 bits per heavy atom. The van der Waals surface area contributed by atoms with Crippen LogP contribution in [0.2, 0.25) is 0 Å². The molecule has 2 rings (SSSR count). The second-order valence-electron chi connectivity index (χ2n) is 6.07. The zero-order chi connectivity index (χ0) is 17.9. The second kappa shape index (κ2) is 10.9. The number of hydrogen-bond donors (Lipinski definition) is 1. The summed E-state index contributed by atoms with van der Waals surface area (Å²) in [5, 5.41) is 10.0. The number of carbonyl (C=O) groups is 1. The molecule has 0 spiro atoms. The van der Waals surface area contributed by atoms with E-state index >= 15 is 0 Å². The summed E-state index contributed by atoms with van der Waals surface area (Å²) >= 11 is 3.45. The molecule has 0 atom stereocenters. The van der Waals surface area contributed by atoms with Crippen LogP contribution in [-0.4, -0.2) is 23.0 Å². The highest BCUT2D eigenvalue weighted by atomic mass is 79.9. The first kappa shape index (κ1) is 19.5. The van der Waals surface area contributed by atoms with Crippen LogP contribution in [0.15, 0.2) is 48.5 Å². The molecule has 0 aliphatic carbocycles. The van der Waals surface area contributed by atoms with Crippen molar-refractivity contribution in [2.24, 2.45) is 0 Å². The van der Waals surface area contributed by atoms with Crippen LogP contribution in [0.4, 0.5) is 0 Å². The molecule has 0 aliphatic rings. The van der Waals surface area contributed by atoms with Gasteiger partial charge in [-0.2, -0.15) is 0 Å². The second-order valence-corrected chi connectivity index (χ2v) is 6.86. The number of carboxylic acids is 1. The number of rotatable bonds is 11. The summed E-state index contributed by atoms with van der Waals surface area (Å²) in [6.45, 7) is 0.755. The molecule has 0 radical (unpaired) electrons. The Morgan fingerprint density at radius 1 is 0.800 bits per heavy atom. The summed E-state index contributed by atoms with van der Waals surface area (Å²) in [5.41, 5.74) is 2.35. The van der Waals surface area contributed by atoms with Gasteiger partial charge in [0.2, 0.25) is 0 Å². The van der Waals surface area contributed by atoms with E-state index in [1.165, 1.54) is 32.1 Å². The maximum atomic E-state index is 10.9. The Labute approximate surface area is 158 Å². The molecule has 2 aromatic rings. The Bertz CT molecular complexity index is 635. The highest BCUT2D eigenvalue weighted by molar-refractivity contribution is 9.09. The van der Waals surface area contributed by atoms with Gasteiger partial charge in [0, 0.05) is 5.33 Å². The molecule has 0 saturated heterocycles. The average molecular weight is 405 g/mol. The summed E-state index contributed by atoms with van der Waals surface area (Å²) in [5.74, 6) is -0.0244. The van der Waals surface area contributed by atoms with Crippen molar-refractivity contribution in [2.75, 3.05) is 11.9 Å². The van der Waals surface area contributed by atoms with Crippen molar-refractivity contribution in [3.63, 3.8) is 0 Å². The molecule has 0 heterocycles.